The number of nitro benzene ring substituents is 1. The SMILES string of the molecule is O=C(COC(=O)CCc1c[nH]c2ccccc12)Nc1ccc(F)c([N+](=O)[O-])c1. The minimum atomic E-state index is -1.01. The molecular weight excluding hydrogens is 369 g/mol. The summed E-state index contributed by atoms with van der Waals surface area (Å²) in [4.78, 5) is 36.6. The molecule has 0 spiro atoms. The fourth-order valence-corrected chi connectivity index (χ4v) is 2.72. The van der Waals surface area contributed by atoms with Gasteiger partial charge < -0.3 is 15.0 Å². The van der Waals surface area contributed by atoms with E-state index in [2.05, 4.69) is 10.3 Å². The summed E-state index contributed by atoms with van der Waals surface area (Å²) in [5.41, 5.74) is 1.22. The second kappa shape index (κ2) is 8.30. The number of anilines is 1. The largest absolute Gasteiger partial charge is 0.456 e. The van der Waals surface area contributed by atoms with Crippen LogP contribution in [-0.4, -0.2) is 28.4 Å². The Labute approximate surface area is 158 Å². The van der Waals surface area contributed by atoms with E-state index in [1.165, 1.54) is 6.07 Å². The van der Waals surface area contributed by atoms with Gasteiger partial charge in [-0.2, -0.15) is 4.39 Å². The molecule has 9 heteroatoms. The molecule has 144 valence electrons. The lowest BCUT2D eigenvalue weighted by Crippen LogP contribution is -2.21. The molecule has 0 aliphatic carbocycles. The third-order valence-electron chi connectivity index (χ3n) is 4.06. The highest BCUT2D eigenvalue weighted by Gasteiger charge is 2.16. The first-order valence-corrected chi connectivity index (χ1v) is 8.38. The average molecular weight is 385 g/mol. The summed E-state index contributed by atoms with van der Waals surface area (Å²) in [6.07, 6.45) is 2.37. The van der Waals surface area contributed by atoms with Gasteiger partial charge in [0.15, 0.2) is 6.61 Å². The van der Waals surface area contributed by atoms with E-state index >= 15 is 0 Å². The molecule has 0 saturated carbocycles. The summed E-state index contributed by atoms with van der Waals surface area (Å²) in [5.74, 6) is -2.24. The smallest absolute Gasteiger partial charge is 0.306 e. The van der Waals surface area contributed by atoms with Crippen molar-refractivity contribution in [3.63, 3.8) is 0 Å². The Morgan fingerprint density at radius 1 is 1.21 bits per heavy atom. The lowest BCUT2D eigenvalue weighted by molar-refractivity contribution is -0.387. The number of ether oxygens (including phenoxy) is 1. The number of rotatable bonds is 7. The molecule has 1 heterocycles. The molecule has 0 aliphatic rings. The third kappa shape index (κ3) is 4.50. The van der Waals surface area contributed by atoms with Gasteiger partial charge in [-0.15, -0.1) is 0 Å². The molecule has 2 N–H and O–H groups in total. The van der Waals surface area contributed by atoms with Crippen LogP contribution in [-0.2, 0) is 20.7 Å². The van der Waals surface area contributed by atoms with Crippen molar-refractivity contribution in [1.29, 1.82) is 0 Å². The number of aromatic amines is 1. The summed E-state index contributed by atoms with van der Waals surface area (Å²) >= 11 is 0. The van der Waals surface area contributed by atoms with Gasteiger partial charge in [0.2, 0.25) is 5.82 Å². The van der Waals surface area contributed by atoms with Crippen LogP contribution in [0.25, 0.3) is 10.9 Å². The Morgan fingerprint density at radius 3 is 2.79 bits per heavy atom. The molecular formula is C19H16FN3O5. The molecule has 0 fully saturated rings. The molecule has 8 nitrogen and oxygen atoms in total. The van der Waals surface area contributed by atoms with Crippen LogP contribution in [0.15, 0.2) is 48.7 Å². The van der Waals surface area contributed by atoms with Crippen molar-refractivity contribution in [2.24, 2.45) is 0 Å². The Hall–Kier alpha value is -3.75. The first-order valence-electron chi connectivity index (χ1n) is 8.38. The van der Waals surface area contributed by atoms with Crippen molar-refractivity contribution < 1.29 is 23.6 Å². The first kappa shape index (κ1) is 19.0. The van der Waals surface area contributed by atoms with Gasteiger partial charge in [0.05, 0.1) is 4.92 Å². The quantitative estimate of drug-likeness (QED) is 0.368. The fourth-order valence-electron chi connectivity index (χ4n) is 2.72. The maximum atomic E-state index is 13.3. The van der Waals surface area contributed by atoms with Crippen LogP contribution < -0.4 is 5.32 Å². The van der Waals surface area contributed by atoms with Crippen LogP contribution in [0.5, 0.6) is 0 Å². The maximum absolute atomic E-state index is 13.3. The Morgan fingerprint density at radius 2 is 2.00 bits per heavy atom. The van der Waals surface area contributed by atoms with Gasteiger partial charge in [0, 0.05) is 35.3 Å². The van der Waals surface area contributed by atoms with Gasteiger partial charge in [-0.25, -0.2) is 0 Å². The van der Waals surface area contributed by atoms with Gasteiger partial charge in [-0.05, 0) is 30.2 Å². The topological polar surface area (TPSA) is 114 Å². The molecule has 0 aliphatic heterocycles. The van der Waals surface area contributed by atoms with E-state index in [9.17, 15) is 24.1 Å². The molecule has 3 aromatic rings. The van der Waals surface area contributed by atoms with Crippen LogP contribution in [0.1, 0.15) is 12.0 Å². The number of nitrogens with one attached hydrogen (secondary N) is 2. The van der Waals surface area contributed by atoms with Crippen LogP contribution in [0, 0.1) is 15.9 Å². The van der Waals surface area contributed by atoms with E-state index in [-0.39, 0.29) is 12.1 Å². The number of hydrogen-bond donors (Lipinski definition) is 2. The predicted octanol–water partition coefficient (Wildman–Crippen LogP) is 3.33. The molecule has 1 amide bonds. The highest BCUT2D eigenvalue weighted by atomic mass is 19.1. The van der Waals surface area contributed by atoms with Crippen LogP contribution >= 0.6 is 0 Å². The highest BCUT2D eigenvalue weighted by Crippen LogP contribution is 2.22. The third-order valence-corrected chi connectivity index (χ3v) is 4.06. The van der Waals surface area contributed by atoms with Crippen molar-refractivity contribution in [3.05, 3.63) is 70.2 Å². The van der Waals surface area contributed by atoms with E-state index in [1.54, 1.807) is 0 Å². The molecule has 0 atom stereocenters. The van der Waals surface area contributed by atoms with Crippen LogP contribution in [0.3, 0.4) is 0 Å². The summed E-state index contributed by atoms with van der Waals surface area (Å²) in [6.45, 7) is -0.544. The number of nitro groups is 1. The Bertz CT molecular complexity index is 1050. The number of para-hydroxylation sites is 1. The number of hydrogen-bond acceptors (Lipinski definition) is 5. The van der Waals surface area contributed by atoms with E-state index in [0.29, 0.717) is 6.42 Å². The molecule has 0 saturated heterocycles. The number of aromatic nitrogens is 1. The number of nitrogens with zero attached hydrogens (tertiary/aromatic N) is 1. The van der Waals surface area contributed by atoms with E-state index in [4.69, 9.17) is 4.74 Å². The lowest BCUT2D eigenvalue weighted by Gasteiger charge is -2.07. The minimum absolute atomic E-state index is 0.0351. The first-order chi connectivity index (χ1) is 13.4. The summed E-state index contributed by atoms with van der Waals surface area (Å²) in [5, 5.41) is 14.0. The van der Waals surface area contributed by atoms with Crippen molar-refractivity contribution in [2.75, 3.05) is 11.9 Å². The number of carbonyl (C=O) groups is 2. The standard InChI is InChI=1S/C19H16FN3O5/c20-15-7-6-13(9-17(15)23(26)27)22-18(24)11-28-19(25)8-5-12-10-21-16-4-2-1-3-14(12)16/h1-4,6-7,9-10,21H,5,8,11H2,(H,22,24). The van der Waals surface area contributed by atoms with Crippen molar-refractivity contribution in [2.45, 2.75) is 12.8 Å². The molecule has 3 rings (SSSR count). The summed E-state index contributed by atoms with van der Waals surface area (Å²) < 4.78 is 18.2. The maximum Gasteiger partial charge on any atom is 0.306 e. The predicted molar refractivity (Wildman–Crippen MR) is 99.3 cm³/mol. The second-order valence-corrected chi connectivity index (χ2v) is 5.99. The van der Waals surface area contributed by atoms with E-state index in [1.807, 2.05) is 30.5 Å². The number of aryl methyl sites for hydroxylation is 1. The Balaban J connectivity index is 1.48. The lowest BCUT2D eigenvalue weighted by atomic mass is 10.1. The van der Waals surface area contributed by atoms with Crippen LogP contribution in [0.2, 0.25) is 0 Å². The number of benzene rings is 2. The normalized spacial score (nSPS) is 10.6. The second-order valence-electron chi connectivity index (χ2n) is 5.99. The van der Waals surface area contributed by atoms with Crippen molar-refractivity contribution >= 4 is 34.2 Å². The summed E-state index contributed by atoms with van der Waals surface area (Å²) in [6, 6.07) is 10.6. The molecule has 0 unspecified atom stereocenters. The van der Waals surface area contributed by atoms with Gasteiger partial charge in [-0.1, -0.05) is 18.2 Å². The Kier molecular flexibility index (Phi) is 5.64. The monoisotopic (exact) mass is 385 g/mol. The number of fused-ring (bicyclic) bond motifs is 1. The fraction of sp³-hybridized carbons (Fsp3) is 0.158. The number of esters is 1. The van der Waals surface area contributed by atoms with Gasteiger partial charge in [0.1, 0.15) is 0 Å². The average Bonchev–Trinajstić information content (AvgIpc) is 3.09. The summed E-state index contributed by atoms with van der Waals surface area (Å²) in [7, 11) is 0. The van der Waals surface area contributed by atoms with E-state index in [0.717, 1.165) is 28.6 Å². The zero-order chi connectivity index (χ0) is 20.1. The highest BCUT2D eigenvalue weighted by molar-refractivity contribution is 5.93. The zero-order valence-electron chi connectivity index (χ0n) is 14.6. The van der Waals surface area contributed by atoms with Gasteiger partial charge in [0.25, 0.3) is 5.91 Å². The van der Waals surface area contributed by atoms with E-state index < -0.39 is 34.9 Å². The minimum Gasteiger partial charge on any atom is -0.456 e. The molecule has 0 bridgehead atoms. The zero-order valence-corrected chi connectivity index (χ0v) is 14.6. The van der Waals surface area contributed by atoms with Gasteiger partial charge in [-0.3, -0.25) is 19.7 Å². The van der Waals surface area contributed by atoms with Gasteiger partial charge >= 0.3 is 11.7 Å². The molecule has 1 aromatic heterocycles. The molecule has 0 radical (unpaired) electrons. The molecule has 28 heavy (non-hydrogen) atoms. The number of H-pyrrole nitrogens is 1. The number of amides is 1. The molecule has 2 aromatic carbocycles. The number of halogens is 1. The number of carbonyl (C=O) groups excluding carboxylic acids is 2. The van der Waals surface area contributed by atoms with Crippen LogP contribution in [0.4, 0.5) is 15.8 Å². The van der Waals surface area contributed by atoms with Crippen molar-refractivity contribution in [1.82, 2.24) is 4.98 Å². The van der Waals surface area contributed by atoms with Crippen molar-refractivity contribution in [3.8, 4) is 0 Å².